The van der Waals surface area contributed by atoms with Crippen LogP contribution in [0.25, 0.3) is 0 Å². The molecule has 21 heavy (non-hydrogen) atoms. The lowest BCUT2D eigenvalue weighted by atomic mass is 9.85. The number of hydrogen-bond donors (Lipinski definition) is 0. The van der Waals surface area contributed by atoms with Crippen LogP contribution in [-0.2, 0) is 14.3 Å². The van der Waals surface area contributed by atoms with Crippen LogP contribution in [0.3, 0.4) is 0 Å². The summed E-state index contributed by atoms with van der Waals surface area (Å²) in [6.45, 7) is 5.91. The van der Waals surface area contributed by atoms with Gasteiger partial charge in [-0.05, 0) is 20.8 Å². The van der Waals surface area contributed by atoms with Crippen molar-refractivity contribution < 1.29 is 32.2 Å². The van der Waals surface area contributed by atoms with Gasteiger partial charge in [0.05, 0.1) is 7.11 Å². The fourth-order valence-electron chi connectivity index (χ4n) is 2.02. The summed E-state index contributed by atoms with van der Waals surface area (Å²) in [6.07, 6.45) is -4.88. The first-order valence-corrected chi connectivity index (χ1v) is 6.27. The maximum Gasteiger partial charge on any atom is 0.415 e. The Hall–Kier alpha value is -1.73. The summed E-state index contributed by atoms with van der Waals surface area (Å²) in [7, 11) is 1.10. The molecule has 0 aromatic heterocycles. The number of carbonyl (C=O) groups excluding carboxylic acids is 2. The summed E-state index contributed by atoms with van der Waals surface area (Å²) in [5, 5.41) is 0. The van der Waals surface area contributed by atoms with Crippen molar-refractivity contribution in [1.82, 2.24) is 4.90 Å². The van der Waals surface area contributed by atoms with Gasteiger partial charge in [-0.2, -0.15) is 13.2 Å². The summed E-state index contributed by atoms with van der Waals surface area (Å²) in [5.74, 6) is -1.86. The van der Waals surface area contributed by atoms with E-state index in [1.54, 1.807) is 20.8 Å². The third-order valence-electron chi connectivity index (χ3n) is 2.89. The number of esters is 1. The summed E-state index contributed by atoms with van der Waals surface area (Å²) in [5.41, 5.74) is -1.01. The maximum absolute atomic E-state index is 13.0. The second kappa shape index (κ2) is 5.57. The topological polar surface area (TPSA) is 55.8 Å². The molecule has 0 spiro atoms. The van der Waals surface area contributed by atoms with E-state index in [1.165, 1.54) is 6.92 Å². The van der Waals surface area contributed by atoms with Crippen LogP contribution in [0.15, 0.2) is 11.8 Å². The highest BCUT2D eigenvalue weighted by atomic mass is 19.4. The molecule has 0 radical (unpaired) electrons. The number of carbonyl (C=O) groups is 2. The highest BCUT2D eigenvalue weighted by Crippen LogP contribution is 2.45. The minimum Gasteiger partial charge on any atom is -0.466 e. The molecule has 0 aromatic rings. The summed E-state index contributed by atoms with van der Waals surface area (Å²) in [6, 6.07) is -2.01. The first-order valence-electron chi connectivity index (χ1n) is 6.27. The first-order chi connectivity index (χ1) is 9.38. The van der Waals surface area contributed by atoms with Crippen molar-refractivity contribution in [3.8, 4) is 0 Å². The van der Waals surface area contributed by atoms with Crippen LogP contribution in [0.1, 0.15) is 27.7 Å². The molecule has 0 saturated carbocycles. The van der Waals surface area contributed by atoms with Crippen molar-refractivity contribution in [3.05, 3.63) is 11.8 Å². The highest BCUT2D eigenvalue weighted by molar-refractivity contribution is 5.85. The van der Waals surface area contributed by atoms with Crippen LogP contribution in [0.4, 0.5) is 18.0 Å². The van der Waals surface area contributed by atoms with E-state index in [4.69, 9.17) is 4.74 Å². The van der Waals surface area contributed by atoms with Gasteiger partial charge in [-0.15, -0.1) is 0 Å². The molecule has 1 heterocycles. The third kappa shape index (κ3) is 3.89. The first kappa shape index (κ1) is 17.3. The van der Waals surface area contributed by atoms with Gasteiger partial charge in [0.1, 0.15) is 11.6 Å². The minimum absolute atomic E-state index is 0.0709. The Morgan fingerprint density at radius 3 is 2.14 bits per heavy atom. The van der Waals surface area contributed by atoms with Gasteiger partial charge in [0.15, 0.2) is 0 Å². The monoisotopic (exact) mass is 309 g/mol. The van der Waals surface area contributed by atoms with E-state index in [9.17, 15) is 22.8 Å². The predicted molar refractivity (Wildman–Crippen MR) is 67.2 cm³/mol. The lowest BCUT2D eigenvalue weighted by molar-refractivity contribution is -0.208. The van der Waals surface area contributed by atoms with Gasteiger partial charge in [0.25, 0.3) is 0 Å². The predicted octanol–water partition coefficient (Wildman–Crippen LogP) is 2.86. The Kier molecular flexibility index (Phi) is 4.60. The van der Waals surface area contributed by atoms with Crippen molar-refractivity contribution in [3.63, 3.8) is 0 Å². The highest BCUT2D eigenvalue weighted by Gasteiger charge is 2.59. The molecule has 0 aliphatic carbocycles. The molecule has 1 aliphatic heterocycles. The molecule has 0 bridgehead atoms. The largest absolute Gasteiger partial charge is 0.466 e. The number of rotatable bonds is 1. The second-order valence-electron chi connectivity index (χ2n) is 5.72. The molecule has 0 N–H and O–H groups in total. The van der Waals surface area contributed by atoms with Crippen LogP contribution in [-0.4, -0.2) is 41.9 Å². The summed E-state index contributed by atoms with van der Waals surface area (Å²) < 4.78 is 48.3. The zero-order valence-electron chi connectivity index (χ0n) is 12.4. The molecule has 0 unspecified atom stereocenters. The Bertz CT molecular complexity index is 465. The maximum atomic E-state index is 13.0. The van der Waals surface area contributed by atoms with E-state index in [-0.39, 0.29) is 5.70 Å². The van der Waals surface area contributed by atoms with Gasteiger partial charge in [0.2, 0.25) is 0 Å². The van der Waals surface area contributed by atoms with Gasteiger partial charge in [0, 0.05) is 17.7 Å². The Morgan fingerprint density at radius 1 is 1.24 bits per heavy atom. The molecule has 1 aliphatic rings. The van der Waals surface area contributed by atoms with Gasteiger partial charge >= 0.3 is 18.2 Å². The van der Waals surface area contributed by atoms with E-state index >= 15 is 0 Å². The Labute approximate surface area is 120 Å². The van der Waals surface area contributed by atoms with Crippen molar-refractivity contribution >= 4 is 12.1 Å². The standard InChI is InChI=1S/C13H18F3NO4/c1-7-8(6-9(18)20-5)17(10(7)13(14,15)16)11(19)21-12(2,3)4/h6-7,10H,1-5H3/b8-6+/t7-,10-/m1/s1. The van der Waals surface area contributed by atoms with E-state index in [0.717, 1.165) is 13.2 Å². The van der Waals surface area contributed by atoms with Crippen molar-refractivity contribution in [2.45, 2.75) is 45.5 Å². The van der Waals surface area contributed by atoms with E-state index < -0.39 is 35.8 Å². The average Bonchev–Trinajstić information content (AvgIpc) is 2.27. The van der Waals surface area contributed by atoms with Gasteiger partial charge in [-0.3, -0.25) is 4.90 Å². The van der Waals surface area contributed by atoms with E-state index in [1.807, 2.05) is 0 Å². The zero-order valence-corrected chi connectivity index (χ0v) is 12.4. The summed E-state index contributed by atoms with van der Waals surface area (Å²) >= 11 is 0. The molecular formula is C13H18F3NO4. The normalized spacial score (nSPS) is 24.6. The number of halogens is 3. The van der Waals surface area contributed by atoms with Crippen molar-refractivity contribution in [2.24, 2.45) is 5.92 Å². The zero-order chi connectivity index (χ0) is 16.6. The smallest absolute Gasteiger partial charge is 0.415 e. The second-order valence-corrected chi connectivity index (χ2v) is 5.72. The molecule has 1 fully saturated rings. The van der Waals surface area contributed by atoms with Crippen LogP contribution in [0.2, 0.25) is 0 Å². The Balaban J connectivity index is 3.09. The minimum atomic E-state index is -4.61. The fraction of sp³-hybridized carbons (Fsp3) is 0.692. The number of methoxy groups -OCH3 is 1. The molecule has 0 aromatic carbocycles. The Morgan fingerprint density at radius 2 is 1.76 bits per heavy atom. The number of nitrogens with zero attached hydrogens (tertiary/aromatic N) is 1. The lowest BCUT2D eigenvalue weighted by Crippen LogP contribution is -2.63. The number of amides is 1. The SMILES string of the molecule is COC(=O)/C=C1\[C@@H](C)[C@H](C(F)(F)F)N1C(=O)OC(C)(C)C. The molecule has 5 nitrogen and oxygen atoms in total. The molecule has 1 rings (SSSR count). The molecule has 8 heteroatoms. The molecule has 1 amide bonds. The van der Waals surface area contributed by atoms with Crippen molar-refractivity contribution in [1.29, 1.82) is 0 Å². The number of alkyl halides is 3. The van der Waals surface area contributed by atoms with Gasteiger partial charge in [-0.1, -0.05) is 6.92 Å². The number of ether oxygens (including phenoxy) is 2. The third-order valence-corrected chi connectivity index (χ3v) is 2.89. The molecule has 120 valence electrons. The summed E-state index contributed by atoms with van der Waals surface area (Å²) in [4.78, 5) is 23.6. The van der Waals surface area contributed by atoms with E-state index in [0.29, 0.717) is 4.90 Å². The number of hydrogen-bond acceptors (Lipinski definition) is 4. The molecule has 2 atom stereocenters. The van der Waals surface area contributed by atoms with Crippen LogP contribution in [0, 0.1) is 5.92 Å². The van der Waals surface area contributed by atoms with Gasteiger partial charge < -0.3 is 9.47 Å². The molecule has 1 saturated heterocycles. The lowest BCUT2D eigenvalue weighted by Gasteiger charge is -2.48. The van der Waals surface area contributed by atoms with Crippen molar-refractivity contribution in [2.75, 3.05) is 7.11 Å². The van der Waals surface area contributed by atoms with E-state index in [2.05, 4.69) is 4.74 Å². The quantitative estimate of drug-likeness (QED) is 0.552. The number of likely N-dealkylation sites (tertiary alicyclic amines) is 1. The molecular weight excluding hydrogens is 291 g/mol. The van der Waals surface area contributed by atoms with Crippen LogP contribution >= 0.6 is 0 Å². The van der Waals surface area contributed by atoms with Gasteiger partial charge in [-0.25, -0.2) is 9.59 Å². The van der Waals surface area contributed by atoms with Crippen LogP contribution < -0.4 is 0 Å². The average molecular weight is 309 g/mol. The fourth-order valence-corrected chi connectivity index (χ4v) is 2.02. The van der Waals surface area contributed by atoms with Crippen LogP contribution in [0.5, 0.6) is 0 Å².